The minimum atomic E-state index is 0.0144. The first-order chi connectivity index (χ1) is 6.68. The SMILES string of the molecule is CC(N)CCCC(=O)Nc1nccs1. The molecule has 0 aliphatic rings. The van der Waals surface area contributed by atoms with E-state index in [2.05, 4.69) is 10.3 Å². The minimum absolute atomic E-state index is 0.0144. The average Bonchev–Trinajstić information content (AvgIpc) is 2.56. The van der Waals surface area contributed by atoms with Gasteiger partial charge in [-0.15, -0.1) is 11.3 Å². The van der Waals surface area contributed by atoms with Gasteiger partial charge in [-0.25, -0.2) is 4.98 Å². The van der Waals surface area contributed by atoms with E-state index >= 15 is 0 Å². The molecule has 78 valence electrons. The lowest BCUT2D eigenvalue weighted by Crippen LogP contribution is -2.16. The quantitative estimate of drug-likeness (QED) is 0.780. The maximum absolute atomic E-state index is 11.3. The number of hydrogen-bond acceptors (Lipinski definition) is 4. The third kappa shape index (κ3) is 4.34. The predicted octanol–water partition coefficient (Wildman–Crippen LogP) is 1.60. The van der Waals surface area contributed by atoms with Crippen LogP contribution in [0.3, 0.4) is 0 Å². The number of amides is 1. The molecule has 14 heavy (non-hydrogen) atoms. The summed E-state index contributed by atoms with van der Waals surface area (Å²) in [6.45, 7) is 1.94. The average molecular weight is 213 g/mol. The summed E-state index contributed by atoms with van der Waals surface area (Å²) in [5.41, 5.74) is 5.57. The number of thiazole rings is 1. The van der Waals surface area contributed by atoms with Crippen LogP contribution in [0.4, 0.5) is 5.13 Å². The molecule has 0 spiro atoms. The normalized spacial score (nSPS) is 12.4. The van der Waals surface area contributed by atoms with Crippen molar-refractivity contribution in [1.29, 1.82) is 0 Å². The van der Waals surface area contributed by atoms with E-state index in [0.717, 1.165) is 12.8 Å². The van der Waals surface area contributed by atoms with Gasteiger partial charge in [0.05, 0.1) is 0 Å². The largest absolute Gasteiger partial charge is 0.328 e. The van der Waals surface area contributed by atoms with Crippen LogP contribution in [0.5, 0.6) is 0 Å². The predicted molar refractivity (Wildman–Crippen MR) is 58.2 cm³/mol. The highest BCUT2D eigenvalue weighted by Crippen LogP contribution is 2.11. The molecule has 5 heteroatoms. The number of nitrogens with two attached hydrogens (primary N) is 1. The number of hydrogen-bond donors (Lipinski definition) is 2. The fraction of sp³-hybridized carbons (Fsp3) is 0.556. The second-order valence-electron chi connectivity index (χ2n) is 3.25. The molecule has 1 rings (SSSR count). The monoisotopic (exact) mass is 213 g/mol. The highest BCUT2D eigenvalue weighted by Gasteiger charge is 2.04. The van der Waals surface area contributed by atoms with Crippen molar-refractivity contribution in [3.63, 3.8) is 0 Å². The molecule has 0 aromatic carbocycles. The van der Waals surface area contributed by atoms with Gasteiger partial charge in [-0.1, -0.05) is 0 Å². The Morgan fingerprint density at radius 1 is 1.79 bits per heavy atom. The molecule has 0 saturated heterocycles. The summed E-state index contributed by atoms with van der Waals surface area (Å²) in [6, 6.07) is 0.169. The van der Waals surface area contributed by atoms with Crippen LogP contribution < -0.4 is 11.1 Å². The summed E-state index contributed by atoms with van der Waals surface area (Å²) >= 11 is 1.42. The molecule has 3 N–H and O–H groups in total. The van der Waals surface area contributed by atoms with Gasteiger partial charge in [0.15, 0.2) is 5.13 Å². The molecule has 0 aliphatic carbocycles. The van der Waals surface area contributed by atoms with E-state index in [9.17, 15) is 4.79 Å². The van der Waals surface area contributed by atoms with Crippen molar-refractivity contribution in [1.82, 2.24) is 4.98 Å². The van der Waals surface area contributed by atoms with Crippen LogP contribution in [0.25, 0.3) is 0 Å². The first-order valence-electron chi connectivity index (χ1n) is 4.63. The Hall–Kier alpha value is -0.940. The van der Waals surface area contributed by atoms with Crippen molar-refractivity contribution >= 4 is 22.4 Å². The molecule has 0 radical (unpaired) electrons. The highest BCUT2D eigenvalue weighted by atomic mass is 32.1. The zero-order chi connectivity index (χ0) is 10.4. The van der Waals surface area contributed by atoms with Gasteiger partial charge in [0.1, 0.15) is 0 Å². The van der Waals surface area contributed by atoms with E-state index in [1.165, 1.54) is 11.3 Å². The standard InChI is InChI=1S/C9H15N3OS/c1-7(10)3-2-4-8(13)12-9-11-5-6-14-9/h5-7H,2-4,10H2,1H3,(H,11,12,13). The molecule has 1 atom stereocenters. The first kappa shape index (κ1) is 11.1. The van der Waals surface area contributed by atoms with Gasteiger partial charge in [0.2, 0.25) is 5.91 Å². The van der Waals surface area contributed by atoms with Crippen molar-refractivity contribution in [3.8, 4) is 0 Å². The summed E-state index contributed by atoms with van der Waals surface area (Å²) < 4.78 is 0. The van der Waals surface area contributed by atoms with Crippen LogP contribution in [0.15, 0.2) is 11.6 Å². The van der Waals surface area contributed by atoms with Crippen molar-refractivity contribution in [2.75, 3.05) is 5.32 Å². The van der Waals surface area contributed by atoms with E-state index in [-0.39, 0.29) is 11.9 Å². The smallest absolute Gasteiger partial charge is 0.226 e. The molecule has 0 saturated carbocycles. The lowest BCUT2D eigenvalue weighted by Gasteiger charge is -2.04. The molecule has 0 fully saturated rings. The van der Waals surface area contributed by atoms with Crippen LogP contribution in [0.2, 0.25) is 0 Å². The van der Waals surface area contributed by atoms with Gasteiger partial charge < -0.3 is 11.1 Å². The fourth-order valence-corrected chi connectivity index (χ4v) is 1.60. The molecule has 4 nitrogen and oxygen atoms in total. The van der Waals surface area contributed by atoms with Crippen molar-refractivity contribution in [2.24, 2.45) is 5.73 Å². The molecule has 1 aromatic rings. The van der Waals surface area contributed by atoms with Crippen LogP contribution in [-0.2, 0) is 4.79 Å². The molecule has 1 unspecified atom stereocenters. The van der Waals surface area contributed by atoms with Gasteiger partial charge >= 0.3 is 0 Å². The Kier molecular flexibility index (Phi) is 4.55. The Balaban J connectivity index is 2.17. The topological polar surface area (TPSA) is 68.0 Å². The van der Waals surface area contributed by atoms with Crippen LogP contribution >= 0.6 is 11.3 Å². The number of nitrogens with zero attached hydrogens (tertiary/aromatic N) is 1. The second-order valence-corrected chi connectivity index (χ2v) is 4.15. The van der Waals surface area contributed by atoms with Gasteiger partial charge in [-0.3, -0.25) is 4.79 Å². The number of aromatic nitrogens is 1. The molecular formula is C9H15N3OS. The van der Waals surface area contributed by atoms with Gasteiger partial charge in [0.25, 0.3) is 0 Å². The van der Waals surface area contributed by atoms with Crippen LogP contribution in [0, 0.1) is 0 Å². The Morgan fingerprint density at radius 2 is 2.57 bits per heavy atom. The summed E-state index contributed by atoms with van der Waals surface area (Å²) in [5, 5.41) is 5.22. The minimum Gasteiger partial charge on any atom is -0.328 e. The molecule has 1 aromatic heterocycles. The number of nitrogens with one attached hydrogen (secondary N) is 1. The zero-order valence-corrected chi connectivity index (χ0v) is 9.01. The van der Waals surface area contributed by atoms with E-state index in [1.54, 1.807) is 6.20 Å². The van der Waals surface area contributed by atoms with Crippen molar-refractivity contribution in [2.45, 2.75) is 32.2 Å². The van der Waals surface area contributed by atoms with Gasteiger partial charge in [0, 0.05) is 24.0 Å². The Morgan fingerprint density at radius 3 is 3.14 bits per heavy atom. The maximum Gasteiger partial charge on any atom is 0.226 e. The molecule has 1 amide bonds. The van der Waals surface area contributed by atoms with E-state index in [4.69, 9.17) is 5.73 Å². The summed E-state index contributed by atoms with van der Waals surface area (Å²) in [6.07, 6.45) is 3.89. The first-order valence-corrected chi connectivity index (χ1v) is 5.51. The number of carbonyl (C=O) groups excluding carboxylic acids is 1. The fourth-order valence-electron chi connectivity index (χ4n) is 1.05. The lowest BCUT2D eigenvalue weighted by atomic mass is 10.1. The number of anilines is 1. The lowest BCUT2D eigenvalue weighted by molar-refractivity contribution is -0.116. The molecule has 1 heterocycles. The van der Waals surface area contributed by atoms with Crippen LogP contribution in [0.1, 0.15) is 26.2 Å². The highest BCUT2D eigenvalue weighted by molar-refractivity contribution is 7.13. The van der Waals surface area contributed by atoms with Gasteiger partial charge in [-0.2, -0.15) is 0 Å². The van der Waals surface area contributed by atoms with E-state index in [1.807, 2.05) is 12.3 Å². The van der Waals surface area contributed by atoms with E-state index in [0.29, 0.717) is 11.6 Å². The third-order valence-corrected chi connectivity index (χ3v) is 2.43. The Bertz CT molecular complexity index is 272. The summed E-state index contributed by atoms with van der Waals surface area (Å²) in [4.78, 5) is 15.3. The Labute approximate surface area is 87.5 Å². The van der Waals surface area contributed by atoms with Crippen molar-refractivity contribution in [3.05, 3.63) is 11.6 Å². The second kappa shape index (κ2) is 5.72. The third-order valence-electron chi connectivity index (χ3n) is 1.74. The van der Waals surface area contributed by atoms with Gasteiger partial charge in [-0.05, 0) is 19.8 Å². The number of carbonyl (C=O) groups is 1. The molecule has 0 bridgehead atoms. The van der Waals surface area contributed by atoms with Crippen molar-refractivity contribution < 1.29 is 4.79 Å². The molecule has 0 aliphatic heterocycles. The van der Waals surface area contributed by atoms with E-state index < -0.39 is 0 Å². The number of rotatable bonds is 5. The summed E-state index contributed by atoms with van der Waals surface area (Å²) in [5.74, 6) is 0.0144. The summed E-state index contributed by atoms with van der Waals surface area (Å²) in [7, 11) is 0. The van der Waals surface area contributed by atoms with Crippen LogP contribution in [-0.4, -0.2) is 16.9 Å². The zero-order valence-electron chi connectivity index (χ0n) is 8.19. The molecular weight excluding hydrogens is 198 g/mol. The maximum atomic E-state index is 11.3.